The molecular weight excluding hydrogens is 258 g/mol. The van der Waals surface area contributed by atoms with Gasteiger partial charge in [0.1, 0.15) is 5.75 Å². The van der Waals surface area contributed by atoms with E-state index >= 15 is 0 Å². The number of aliphatic imine (C=N–C) groups is 1. The summed E-state index contributed by atoms with van der Waals surface area (Å²) in [6.07, 6.45) is 6.50. The number of ether oxygens (including phenoxy) is 1. The van der Waals surface area contributed by atoms with Gasteiger partial charge in [0.2, 0.25) is 5.96 Å². The fourth-order valence-corrected chi connectivity index (χ4v) is 1.55. The van der Waals surface area contributed by atoms with Crippen molar-refractivity contribution in [1.29, 1.82) is 5.26 Å². The summed E-state index contributed by atoms with van der Waals surface area (Å²) in [7, 11) is 3.26. The molecule has 0 bridgehead atoms. The third-order valence-corrected chi connectivity index (χ3v) is 2.58. The number of aryl methyl sites for hydroxylation is 1. The second-order valence-electron chi connectivity index (χ2n) is 3.88. The van der Waals surface area contributed by atoms with Crippen LogP contribution in [0.1, 0.15) is 18.5 Å². The fourth-order valence-electron chi connectivity index (χ4n) is 1.55. The lowest BCUT2D eigenvalue weighted by Gasteiger charge is -2.06. The summed E-state index contributed by atoms with van der Waals surface area (Å²) >= 11 is 0. The number of pyridine rings is 1. The van der Waals surface area contributed by atoms with Gasteiger partial charge in [0.25, 0.3) is 0 Å². The van der Waals surface area contributed by atoms with Crippen LogP contribution in [0.3, 0.4) is 0 Å². The summed E-state index contributed by atoms with van der Waals surface area (Å²) in [6.45, 7) is 0.775. The van der Waals surface area contributed by atoms with Crippen LogP contribution in [0.4, 0.5) is 0 Å². The van der Waals surface area contributed by atoms with E-state index in [2.05, 4.69) is 20.6 Å². The molecule has 20 heavy (non-hydrogen) atoms. The Labute approximate surface area is 119 Å². The van der Waals surface area contributed by atoms with Gasteiger partial charge in [-0.25, -0.2) is 0 Å². The molecule has 0 atom stereocenters. The first-order chi connectivity index (χ1) is 9.30. The standard InChI is InChI=1S/C13H19N5O.H2O/c1-15-13(18-10-14)16-8-4-3-5-11-6-7-12(19-2)9-17-11;/h6-7,9H,3-5,8H2,1-2H3,(H2,15,16,18);1H2. The maximum absolute atomic E-state index is 8.46. The van der Waals surface area contributed by atoms with Crippen molar-refractivity contribution in [3.05, 3.63) is 24.0 Å². The molecule has 0 unspecified atom stereocenters. The van der Waals surface area contributed by atoms with Crippen LogP contribution in [-0.4, -0.2) is 37.1 Å². The number of guanidine groups is 1. The lowest BCUT2D eigenvalue weighted by Crippen LogP contribution is -2.34. The van der Waals surface area contributed by atoms with E-state index in [9.17, 15) is 0 Å². The largest absolute Gasteiger partial charge is 0.495 e. The normalized spacial score (nSPS) is 10.2. The highest BCUT2D eigenvalue weighted by Crippen LogP contribution is 2.09. The number of hydrogen-bond donors (Lipinski definition) is 2. The van der Waals surface area contributed by atoms with Crippen molar-refractivity contribution < 1.29 is 10.2 Å². The molecule has 1 aromatic rings. The zero-order chi connectivity index (χ0) is 13.9. The average Bonchev–Trinajstić information content (AvgIpc) is 2.46. The summed E-state index contributed by atoms with van der Waals surface area (Å²) in [5.74, 6) is 1.28. The molecule has 110 valence electrons. The summed E-state index contributed by atoms with van der Waals surface area (Å²) in [4.78, 5) is 8.20. The maximum Gasteiger partial charge on any atom is 0.204 e. The molecule has 0 aliphatic carbocycles. The van der Waals surface area contributed by atoms with Crippen LogP contribution in [0.15, 0.2) is 23.3 Å². The average molecular weight is 279 g/mol. The highest BCUT2D eigenvalue weighted by atomic mass is 16.5. The van der Waals surface area contributed by atoms with Crippen LogP contribution >= 0.6 is 0 Å². The van der Waals surface area contributed by atoms with Crippen molar-refractivity contribution in [3.63, 3.8) is 0 Å². The number of nitrogens with one attached hydrogen (secondary N) is 2. The number of rotatable bonds is 6. The number of nitrogens with zero attached hydrogens (tertiary/aromatic N) is 3. The van der Waals surface area contributed by atoms with Crippen LogP contribution in [0.25, 0.3) is 0 Å². The molecule has 0 saturated carbocycles. The Morgan fingerprint density at radius 2 is 2.25 bits per heavy atom. The molecule has 0 aromatic carbocycles. The molecule has 1 aromatic heterocycles. The van der Waals surface area contributed by atoms with Gasteiger partial charge < -0.3 is 15.5 Å². The van der Waals surface area contributed by atoms with Gasteiger partial charge in [-0.2, -0.15) is 5.26 Å². The van der Waals surface area contributed by atoms with Gasteiger partial charge in [-0.05, 0) is 31.4 Å². The zero-order valence-corrected chi connectivity index (χ0v) is 11.8. The predicted molar refractivity (Wildman–Crippen MR) is 77.5 cm³/mol. The number of nitriles is 1. The van der Waals surface area contributed by atoms with Crippen molar-refractivity contribution in [1.82, 2.24) is 15.6 Å². The van der Waals surface area contributed by atoms with Gasteiger partial charge in [-0.15, -0.1) is 0 Å². The molecule has 0 spiro atoms. The molecule has 7 heteroatoms. The minimum Gasteiger partial charge on any atom is -0.495 e. The van der Waals surface area contributed by atoms with Gasteiger partial charge in [0.05, 0.1) is 13.3 Å². The van der Waals surface area contributed by atoms with Crippen LogP contribution in [0.5, 0.6) is 5.75 Å². The molecule has 0 saturated heterocycles. The molecule has 0 aliphatic heterocycles. The van der Waals surface area contributed by atoms with Crippen molar-refractivity contribution >= 4 is 5.96 Å². The van der Waals surface area contributed by atoms with Gasteiger partial charge in [0, 0.05) is 19.3 Å². The number of aromatic nitrogens is 1. The molecule has 0 fully saturated rings. The first kappa shape index (κ1) is 17.7. The fraction of sp³-hybridized carbons (Fsp3) is 0.462. The summed E-state index contributed by atoms with van der Waals surface area (Å²) in [5.41, 5.74) is 1.06. The van der Waals surface area contributed by atoms with Crippen LogP contribution < -0.4 is 15.4 Å². The lowest BCUT2D eigenvalue weighted by atomic mass is 10.2. The number of methoxy groups -OCH3 is 1. The van der Waals surface area contributed by atoms with Crippen LogP contribution in [0.2, 0.25) is 0 Å². The quantitative estimate of drug-likeness (QED) is 0.254. The van der Waals surface area contributed by atoms with Crippen LogP contribution in [-0.2, 0) is 6.42 Å². The maximum atomic E-state index is 8.46. The van der Waals surface area contributed by atoms with E-state index in [1.54, 1.807) is 20.4 Å². The minimum atomic E-state index is 0. The van der Waals surface area contributed by atoms with E-state index in [0.717, 1.165) is 37.3 Å². The molecule has 4 N–H and O–H groups in total. The molecule has 0 aliphatic rings. The van der Waals surface area contributed by atoms with Crippen molar-refractivity contribution in [2.45, 2.75) is 19.3 Å². The van der Waals surface area contributed by atoms with Crippen molar-refractivity contribution in [2.75, 3.05) is 20.7 Å². The first-order valence-corrected chi connectivity index (χ1v) is 6.15. The lowest BCUT2D eigenvalue weighted by molar-refractivity contribution is 0.412. The van der Waals surface area contributed by atoms with Gasteiger partial charge >= 0.3 is 0 Å². The van der Waals surface area contributed by atoms with E-state index in [1.807, 2.05) is 18.3 Å². The second kappa shape index (κ2) is 10.6. The Hall–Kier alpha value is -2.33. The molecule has 7 nitrogen and oxygen atoms in total. The van der Waals surface area contributed by atoms with E-state index in [-0.39, 0.29) is 5.48 Å². The molecular formula is C13H21N5O2. The number of unbranched alkanes of at least 4 members (excludes halogenated alkanes) is 1. The van der Waals surface area contributed by atoms with Gasteiger partial charge in [-0.3, -0.25) is 15.3 Å². The summed E-state index contributed by atoms with van der Waals surface area (Å²) in [6, 6.07) is 3.89. The van der Waals surface area contributed by atoms with E-state index < -0.39 is 0 Å². The smallest absolute Gasteiger partial charge is 0.204 e. The first-order valence-electron chi connectivity index (χ1n) is 6.15. The Morgan fingerprint density at radius 3 is 2.80 bits per heavy atom. The second-order valence-corrected chi connectivity index (χ2v) is 3.88. The van der Waals surface area contributed by atoms with Crippen molar-refractivity contribution in [2.24, 2.45) is 4.99 Å². The highest BCUT2D eigenvalue weighted by molar-refractivity contribution is 5.80. The van der Waals surface area contributed by atoms with Crippen molar-refractivity contribution in [3.8, 4) is 11.9 Å². The molecule has 1 heterocycles. The summed E-state index contributed by atoms with van der Waals surface area (Å²) in [5, 5.41) is 14.0. The zero-order valence-electron chi connectivity index (χ0n) is 11.8. The predicted octanol–water partition coefficient (Wildman–Crippen LogP) is 0.234. The van der Waals surface area contributed by atoms with E-state index in [0.29, 0.717) is 5.96 Å². The Balaban J connectivity index is 0.00000361. The SMILES string of the molecule is CN=C(NC#N)NCCCCc1ccc(OC)cn1.O. The van der Waals surface area contributed by atoms with Gasteiger partial charge in [-0.1, -0.05) is 0 Å². The third kappa shape index (κ3) is 6.56. The Bertz CT molecular complexity index is 439. The molecule has 0 amide bonds. The number of hydrogen-bond acceptors (Lipinski definition) is 4. The van der Waals surface area contributed by atoms with Gasteiger partial charge in [0.15, 0.2) is 6.19 Å². The molecule has 0 radical (unpaired) electrons. The van der Waals surface area contributed by atoms with Crippen LogP contribution in [0, 0.1) is 11.5 Å². The van der Waals surface area contributed by atoms with E-state index in [1.165, 1.54) is 0 Å². The topological polar surface area (TPSA) is 114 Å². The molecule has 1 rings (SSSR count). The monoisotopic (exact) mass is 279 g/mol. The third-order valence-electron chi connectivity index (χ3n) is 2.58. The minimum absolute atomic E-state index is 0. The van der Waals surface area contributed by atoms with E-state index in [4.69, 9.17) is 10.00 Å². The Morgan fingerprint density at radius 1 is 1.45 bits per heavy atom. The highest BCUT2D eigenvalue weighted by Gasteiger charge is 1.98. The summed E-state index contributed by atoms with van der Waals surface area (Å²) < 4.78 is 5.05. The Kier molecular flexibility index (Phi) is 9.35.